The van der Waals surface area contributed by atoms with Crippen LogP contribution in [0.5, 0.6) is 11.8 Å². The van der Waals surface area contributed by atoms with Gasteiger partial charge in [0.25, 0.3) is 0 Å². The summed E-state index contributed by atoms with van der Waals surface area (Å²) in [4.78, 5) is 30.0. The average molecular weight is 558 g/mol. The summed E-state index contributed by atoms with van der Waals surface area (Å²) in [6.07, 6.45) is 7.81. The van der Waals surface area contributed by atoms with E-state index in [0.717, 1.165) is 12.8 Å². The van der Waals surface area contributed by atoms with Crippen molar-refractivity contribution < 1.29 is 28.5 Å². The zero-order valence-corrected chi connectivity index (χ0v) is 22.8. The molecule has 11 heteroatoms. The third-order valence-corrected chi connectivity index (χ3v) is 7.79. The van der Waals surface area contributed by atoms with Crippen molar-refractivity contribution in [2.75, 3.05) is 32.2 Å². The highest BCUT2D eigenvalue weighted by atomic mass is 19.1. The van der Waals surface area contributed by atoms with E-state index in [9.17, 15) is 9.90 Å². The summed E-state index contributed by atoms with van der Waals surface area (Å²) in [6, 6.07) is 8.11. The van der Waals surface area contributed by atoms with E-state index in [1.54, 1.807) is 36.1 Å². The molecular formula is C30H28FN5O5. The van der Waals surface area contributed by atoms with Crippen molar-refractivity contribution in [2.45, 2.75) is 38.1 Å². The lowest BCUT2D eigenvalue weighted by atomic mass is 9.96. The summed E-state index contributed by atoms with van der Waals surface area (Å²) >= 11 is 0. The second-order valence-corrected chi connectivity index (χ2v) is 10.1. The lowest BCUT2D eigenvalue weighted by molar-refractivity contribution is -0.0818. The van der Waals surface area contributed by atoms with Gasteiger partial charge in [-0.3, -0.25) is 9.88 Å². The fourth-order valence-electron chi connectivity index (χ4n) is 5.89. The second-order valence-electron chi connectivity index (χ2n) is 10.1. The van der Waals surface area contributed by atoms with Crippen molar-refractivity contribution in [3.63, 3.8) is 0 Å². The number of halogens is 1. The fraction of sp³-hybridized carbons (Fsp3) is 0.333. The Labute approximate surface area is 235 Å². The molecule has 3 unspecified atom stereocenters. The number of fused-ring (bicyclic) bond motifs is 4. The molecule has 210 valence electrons. The van der Waals surface area contributed by atoms with Gasteiger partial charge in [0.15, 0.2) is 5.82 Å². The Morgan fingerprint density at radius 2 is 1.95 bits per heavy atom. The lowest BCUT2D eigenvalue weighted by Gasteiger charge is -2.41. The highest BCUT2D eigenvalue weighted by Crippen LogP contribution is 2.39. The van der Waals surface area contributed by atoms with E-state index in [0.29, 0.717) is 46.2 Å². The molecule has 2 aliphatic heterocycles. The van der Waals surface area contributed by atoms with Gasteiger partial charge >= 0.3 is 12.1 Å². The Kier molecular flexibility index (Phi) is 6.71. The van der Waals surface area contributed by atoms with E-state index in [1.165, 1.54) is 26.5 Å². The topological polar surface area (TPSA) is 110 Å². The van der Waals surface area contributed by atoms with Crippen LogP contribution in [0.2, 0.25) is 0 Å². The number of phenols is 1. The Morgan fingerprint density at radius 1 is 1.20 bits per heavy atom. The minimum atomic E-state index is -0.693. The van der Waals surface area contributed by atoms with Gasteiger partial charge in [0.05, 0.1) is 24.6 Å². The first-order chi connectivity index (χ1) is 19.8. The quantitative estimate of drug-likeness (QED) is 0.281. The molecule has 10 nitrogen and oxygen atoms in total. The number of carbonyl (C=O) groups is 1. The fourth-order valence-corrected chi connectivity index (χ4v) is 5.89. The number of ether oxygens (including phenoxy) is 3. The molecule has 0 spiro atoms. The number of pyridine rings is 1. The molecule has 2 aliphatic rings. The van der Waals surface area contributed by atoms with Gasteiger partial charge in [0.1, 0.15) is 22.8 Å². The first-order valence-electron chi connectivity index (χ1n) is 13.2. The van der Waals surface area contributed by atoms with Crippen molar-refractivity contribution in [3.05, 3.63) is 47.9 Å². The minimum absolute atomic E-state index is 0.00302. The first-order valence-corrected chi connectivity index (χ1v) is 13.2. The number of hydrogen-bond acceptors (Lipinski definition) is 9. The summed E-state index contributed by atoms with van der Waals surface area (Å²) in [5, 5.41) is 12.1. The molecule has 0 aliphatic carbocycles. The number of piperazine rings is 1. The van der Waals surface area contributed by atoms with E-state index in [2.05, 4.69) is 20.9 Å². The number of benzene rings is 2. The molecule has 2 bridgehead atoms. The lowest BCUT2D eigenvalue weighted by Crippen LogP contribution is -2.56. The Bertz CT molecular complexity index is 1710. The highest BCUT2D eigenvalue weighted by Gasteiger charge is 2.44. The van der Waals surface area contributed by atoms with Crippen LogP contribution in [0.1, 0.15) is 25.3 Å². The standard InChI is InChI=1S/C30H28FN5O5/c1-5-17-7-6-8-18-11-21(37)12-22(24(17)18)26-25(31)27-23(13-32-26)28(34-29(33-27)40-4)35-14-19-9-10-20(15-35)36(19)30(38)41-16(2)39-3/h1,6-8,11-13,16,19-20,37H,9-10,14-15H2,2-4H3. The van der Waals surface area contributed by atoms with Gasteiger partial charge in [-0.2, -0.15) is 9.97 Å². The van der Waals surface area contributed by atoms with Gasteiger partial charge < -0.3 is 24.2 Å². The Hall–Kier alpha value is -4.69. The Morgan fingerprint density at radius 3 is 2.63 bits per heavy atom. The van der Waals surface area contributed by atoms with Crippen LogP contribution in [-0.4, -0.2) is 76.7 Å². The number of aromatic nitrogens is 3. The van der Waals surface area contributed by atoms with Gasteiger partial charge in [0.2, 0.25) is 6.29 Å². The number of phenolic OH excluding ortho intramolecular Hbond substituents is 1. The van der Waals surface area contributed by atoms with Crippen LogP contribution in [-0.2, 0) is 9.47 Å². The normalized spacial score (nSPS) is 18.9. The molecule has 41 heavy (non-hydrogen) atoms. The monoisotopic (exact) mass is 557 g/mol. The van der Waals surface area contributed by atoms with Crippen molar-refractivity contribution >= 4 is 33.6 Å². The zero-order valence-electron chi connectivity index (χ0n) is 22.8. The summed E-state index contributed by atoms with van der Waals surface area (Å²) in [7, 11) is 2.90. The van der Waals surface area contributed by atoms with Crippen LogP contribution in [0.15, 0.2) is 36.5 Å². The summed E-state index contributed by atoms with van der Waals surface area (Å²) < 4.78 is 32.2. The summed E-state index contributed by atoms with van der Waals surface area (Å²) in [6.45, 7) is 2.60. The van der Waals surface area contributed by atoms with Gasteiger partial charge in [-0.05, 0) is 43.4 Å². The maximum Gasteiger partial charge on any atom is 0.412 e. The molecule has 4 heterocycles. The molecule has 1 N–H and O–H groups in total. The predicted octanol–water partition coefficient (Wildman–Crippen LogP) is 4.46. The number of methoxy groups -OCH3 is 2. The molecule has 2 aromatic carbocycles. The average Bonchev–Trinajstić information content (AvgIpc) is 3.25. The van der Waals surface area contributed by atoms with E-state index in [1.807, 2.05) is 4.90 Å². The van der Waals surface area contributed by atoms with Crippen LogP contribution in [0.25, 0.3) is 32.9 Å². The van der Waals surface area contributed by atoms with E-state index < -0.39 is 18.2 Å². The zero-order chi connectivity index (χ0) is 28.8. The number of hydrogen-bond donors (Lipinski definition) is 1. The maximum atomic E-state index is 16.4. The first kappa shape index (κ1) is 26.5. The summed E-state index contributed by atoms with van der Waals surface area (Å²) in [5.74, 6) is 2.36. The molecule has 3 atom stereocenters. The van der Waals surface area contributed by atoms with Crippen LogP contribution in [0, 0.1) is 18.2 Å². The molecular weight excluding hydrogens is 529 g/mol. The molecule has 2 saturated heterocycles. The van der Waals surface area contributed by atoms with Crippen LogP contribution < -0.4 is 9.64 Å². The number of carbonyl (C=O) groups excluding carboxylic acids is 1. The largest absolute Gasteiger partial charge is 0.508 e. The van der Waals surface area contributed by atoms with Gasteiger partial charge in [-0.1, -0.05) is 18.1 Å². The number of anilines is 1. The van der Waals surface area contributed by atoms with Crippen LogP contribution >= 0.6 is 0 Å². The minimum Gasteiger partial charge on any atom is -0.508 e. The third kappa shape index (κ3) is 4.50. The number of nitrogens with zero attached hydrogens (tertiary/aromatic N) is 5. The van der Waals surface area contributed by atoms with E-state index in [-0.39, 0.29) is 35.1 Å². The van der Waals surface area contributed by atoms with Crippen molar-refractivity contribution in [1.82, 2.24) is 19.9 Å². The van der Waals surface area contributed by atoms with Gasteiger partial charge in [-0.15, -0.1) is 6.42 Å². The third-order valence-electron chi connectivity index (χ3n) is 7.79. The number of terminal acetylenes is 1. The Balaban J connectivity index is 1.43. The van der Waals surface area contributed by atoms with E-state index >= 15 is 4.39 Å². The SMILES string of the molecule is C#Cc1cccc2cc(O)cc(-c3ncc4c(N5CC6CCC(C5)N6C(=O)OC(C)OC)nc(OC)nc4c3F)c12. The van der Waals surface area contributed by atoms with Crippen molar-refractivity contribution in [1.29, 1.82) is 0 Å². The second kappa shape index (κ2) is 10.4. The molecule has 6 rings (SSSR count). The highest BCUT2D eigenvalue weighted by molar-refractivity contribution is 6.02. The molecule has 2 fully saturated rings. The maximum absolute atomic E-state index is 16.4. The molecule has 0 saturated carbocycles. The van der Waals surface area contributed by atoms with Crippen molar-refractivity contribution in [3.8, 4) is 35.4 Å². The predicted molar refractivity (Wildman–Crippen MR) is 150 cm³/mol. The molecule has 4 aromatic rings. The van der Waals surface area contributed by atoms with Gasteiger partial charge in [0, 0.05) is 42.9 Å². The van der Waals surface area contributed by atoms with Crippen LogP contribution in [0.4, 0.5) is 15.0 Å². The smallest absolute Gasteiger partial charge is 0.412 e. The van der Waals surface area contributed by atoms with Crippen molar-refractivity contribution in [2.24, 2.45) is 0 Å². The summed E-state index contributed by atoms with van der Waals surface area (Å²) in [5.41, 5.74) is 0.913. The number of amides is 1. The van der Waals surface area contributed by atoms with Gasteiger partial charge in [-0.25, -0.2) is 9.18 Å². The van der Waals surface area contributed by atoms with E-state index in [4.69, 9.17) is 20.6 Å². The van der Waals surface area contributed by atoms with Crippen LogP contribution in [0.3, 0.4) is 0 Å². The molecule has 1 amide bonds. The number of aromatic hydroxyl groups is 1. The molecule has 2 aromatic heterocycles. The number of rotatable bonds is 5. The molecule has 0 radical (unpaired) electrons.